The fourth-order valence-corrected chi connectivity index (χ4v) is 4.61. The molecule has 7 heteroatoms. The van der Waals surface area contributed by atoms with E-state index in [9.17, 15) is 23.0 Å². The number of rotatable bonds is 4. The summed E-state index contributed by atoms with van der Waals surface area (Å²) >= 11 is 0. The van der Waals surface area contributed by atoms with Crippen molar-refractivity contribution in [3.63, 3.8) is 0 Å². The van der Waals surface area contributed by atoms with Crippen LogP contribution in [0.25, 0.3) is 0 Å². The van der Waals surface area contributed by atoms with Crippen LogP contribution in [0.1, 0.15) is 37.2 Å². The van der Waals surface area contributed by atoms with Crippen LogP contribution in [0.5, 0.6) is 11.5 Å². The van der Waals surface area contributed by atoms with E-state index >= 15 is 0 Å². The van der Waals surface area contributed by atoms with Crippen molar-refractivity contribution in [3.8, 4) is 11.5 Å². The molecule has 134 valence electrons. The van der Waals surface area contributed by atoms with Crippen LogP contribution < -0.4 is 4.72 Å². The van der Waals surface area contributed by atoms with Gasteiger partial charge in [0.25, 0.3) is 0 Å². The second-order valence-corrected chi connectivity index (χ2v) is 8.08. The number of hydrogen-bond donors (Lipinski definition) is 3. The molecule has 0 heterocycles. The van der Waals surface area contributed by atoms with Crippen molar-refractivity contribution < 1.29 is 23.0 Å². The highest BCUT2D eigenvalue weighted by molar-refractivity contribution is 7.89. The first-order chi connectivity index (χ1) is 11.8. The van der Waals surface area contributed by atoms with Crippen LogP contribution in [0.4, 0.5) is 4.39 Å². The van der Waals surface area contributed by atoms with Crippen LogP contribution in [0.2, 0.25) is 0 Å². The Morgan fingerprint density at radius 1 is 0.960 bits per heavy atom. The summed E-state index contributed by atoms with van der Waals surface area (Å²) < 4.78 is 40.3. The molecule has 0 amide bonds. The van der Waals surface area contributed by atoms with E-state index in [4.69, 9.17) is 0 Å². The molecular weight excluding hydrogens is 345 g/mol. The van der Waals surface area contributed by atoms with Crippen molar-refractivity contribution in [3.05, 3.63) is 53.8 Å². The third-order valence-corrected chi connectivity index (χ3v) is 6.16. The van der Waals surface area contributed by atoms with Crippen LogP contribution in [-0.2, 0) is 10.0 Å². The zero-order chi connectivity index (χ0) is 18.0. The smallest absolute Gasteiger partial charge is 0.240 e. The van der Waals surface area contributed by atoms with Crippen molar-refractivity contribution in [2.75, 3.05) is 0 Å². The Morgan fingerprint density at radius 2 is 1.60 bits per heavy atom. The molecule has 0 radical (unpaired) electrons. The third-order valence-electron chi connectivity index (χ3n) is 4.63. The summed E-state index contributed by atoms with van der Waals surface area (Å²) in [6, 6.07) is 9.12. The molecule has 2 aromatic carbocycles. The van der Waals surface area contributed by atoms with Crippen LogP contribution in [0.3, 0.4) is 0 Å². The van der Waals surface area contributed by atoms with Crippen molar-refractivity contribution >= 4 is 10.0 Å². The molecule has 3 N–H and O–H groups in total. The number of nitrogens with one attached hydrogen (secondary N) is 1. The molecule has 3 rings (SSSR count). The second kappa shape index (κ2) is 7.01. The van der Waals surface area contributed by atoms with Gasteiger partial charge < -0.3 is 10.2 Å². The fourth-order valence-electron chi connectivity index (χ4n) is 3.30. The lowest BCUT2D eigenvalue weighted by Gasteiger charge is -2.29. The fraction of sp³-hybridized carbons (Fsp3) is 0.333. The molecule has 0 unspecified atom stereocenters. The van der Waals surface area contributed by atoms with Crippen LogP contribution in [0, 0.1) is 5.82 Å². The van der Waals surface area contributed by atoms with Gasteiger partial charge in [0.15, 0.2) is 0 Å². The van der Waals surface area contributed by atoms with Gasteiger partial charge >= 0.3 is 0 Å². The molecule has 1 fully saturated rings. The highest BCUT2D eigenvalue weighted by atomic mass is 32.2. The molecule has 0 saturated heterocycles. The summed E-state index contributed by atoms with van der Waals surface area (Å²) in [6.45, 7) is 0. The standard InChI is InChI=1S/C18H20FNO4S/c19-13-3-8-16(9-4-13)25(23,24)20-14-5-1-12(2-6-14)17-10-7-15(21)11-18(17)22/h3-4,7-12,14,20-22H,1-2,5-6H2/t12-,14+. The Morgan fingerprint density at radius 3 is 2.20 bits per heavy atom. The molecule has 1 aliphatic rings. The predicted octanol–water partition coefficient (Wildman–Crippen LogP) is 3.24. The van der Waals surface area contributed by atoms with E-state index < -0.39 is 15.8 Å². The zero-order valence-electron chi connectivity index (χ0n) is 13.5. The Kier molecular flexibility index (Phi) is 4.96. The highest BCUT2D eigenvalue weighted by Crippen LogP contribution is 2.38. The van der Waals surface area contributed by atoms with E-state index in [1.165, 1.54) is 18.2 Å². The number of halogens is 1. The minimum absolute atomic E-state index is 0.0157. The van der Waals surface area contributed by atoms with E-state index in [1.54, 1.807) is 12.1 Å². The minimum atomic E-state index is -3.67. The lowest BCUT2D eigenvalue weighted by molar-refractivity contribution is 0.362. The van der Waals surface area contributed by atoms with Crippen molar-refractivity contribution in [2.24, 2.45) is 0 Å². The number of sulfonamides is 1. The van der Waals surface area contributed by atoms with Crippen molar-refractivity contribution in [1.29, 1.82) is 0 Å². The summed E-state index contributed by atoms with van der Waals surface area (Å²) in [5.74, 6) is -0.266. The van der Waals surface area contributed by atoms with Crippen molar-refractivity contribution in [1.82, 2.24) is 4.72 Å². The Labute approximate surface area is 146 Å². The lowest BCUT2D eigenvalue weighted by Crippen LogP contribution is -2.37. The molecule has 5 nitrogen and oxygen atoms in total. The number of phenols is 2. The van der Waals surface area contributed by atoms with Gasteiger partial charge in [-0.3, -0.25) is 0 Å². The van der Waals surface area contributed by atoms with Gasteiger partial charge in [0, 0.05) is 12.1 Å². The Bertz CT molecular complexity index is 844. The maximum Gasteiger partial charge on any atom is 0.240 e. The number of hydrogen-bond acceptors (Lipinski definition) is 4. The summed E-state index contributed by atoms with van der Waals surface area (Å²) in [5.41, 5.74) is 0.776. The average molecular weight is 365 g/mol. The molecule has 25 heavy (non-hydrogen) atoms. The molecule has 1 saturated carbocycles. The van der Waals surface area contributed by atoms with Gasteiger partial charge in [0.2, 0.25) is 10.0 Å². The Hall–Kier alpha value is -2.12. The topological polar surface area (TPSA) is 86.6 Å². The number of phenolic OH excluding ortho intramolecular Hbond substituents is 2. The van der Waals surface area contributed by atoms with E-state index in [-0.39, 0.29) is 28.4 Å². The van der Waals surface area contributed by atoms with Gasteiger partial charge in [0.05, 0.1) is 4.90 Å². The average Bonchev–Trinajstić information content (AvgIpc) is 2.56. The predicted molar refractivity (Wildman–Crippen MR) is 91.5 cm³/mol. The molecule has 0 bridgehead atoms. The Balaban J connectivity index is 1.63. The molecule has 0 spiro atoms. The molecule has 0 aromatic heterocycles. The SMILES string of the molecule is O=S(=O)(N[C@H]1CC[C@@H](c2ccc(O)cc2O)CC1)c1ccc(F)cc1. The van der Waals surface area contributed by atoms with Gasteiger partial charge in [-0.25, -0.2) is 17.5 Å². The maximum absolute atomic E-state index is 12.9. The molecule has 2 aromatic rings. The summed E-state index contributed by atoms with van der Waals surface area (Å²) in [7, 11) is -3.67. The third kappa shape index (κ3) is 4.11. The second-order valence-electron chi connectivity index (χ2n) is 6.37. The zero-order valence-corrected chi connectivity index (χ0v) is 14.3. The molecule has 0 aliphatic heterocycles. The van der Waals surface area contributed by atoms with E-state index in [0.717, 1.165) is 30.5 Å². The van der Waals surface area contributed by atoms with Gasteiger partial charge in [0.1, 0.15) is 17.3 Å². The number of aromatic hydroxyl groups is 2. The largest absolute Gasteiger partial charge is 0.508 e. The monoisotopic (exact) mass is 365 g/mol. The van der Waals surface area contributed by atoms with Gasteiger partial charge in [-0.15, -0.1) is 0 Å². The molecule has 0 atom stereocenters. The first-order valence-corrected chi connectivity index (χ1v) is 9.63. The summed E-state index contributed by atoms with van der Waals surface area (Å²) in [5, 5.41) is 19.3. The van der Waals surface area contributed by atoms with E-state index in [2.05, 4.69) is 4.72 Å². The maximum atomic E-state index is 12.9. The normalized spacial score (nSPS) is 21.2. The summed E-state index contributed by atoms with van der Waals surface area (Å²) in [6.07, 6.45) is 2.75. The number of benzene rings is 2. The first kappa shape index (κ1) is 17.7. The quantitative estimate of drug-likeness (QED) is 0.776. The van der Waals surface area contributed by atoms with Crippen LogP contribution in [0.15, 0.2) is 47.4 Å². The van der Waals surface area contributed by atoms with Crippen LogP contribution >= 0.6 is 0 Å². The molecule has 1 aliphatic carbocycles. The van der Waals surface area contributed by atoms with E-state index in [0.29, 0.717) is 12.8 Å². The van der Waals surface area contributed by atoms with Crippen LogP contribution in [-0.4, -0.2) is 24.7 Å². The van der Waals surface area contributed by atoms with E-state index in [1.807, 2.05) is 0 Å². The van der Waals surface area contributed by atoms with Gasteiger partial charge in [-0.05, 0) is 67.5 Å². The van der Waals surface area contributed by atoms with Gasteiger partial charge in [-0.2, -0.15) is 0 Å². The van der Waals surface area contributed by atoms with Crippen molar-refractivity contribution in [2.45, 2.75) is 42.5 Å². The first-order valence-electron chi connectivity index (χ1n) is 8.15. The van der Waals surface area contributed by atoms with Gasteiger partial charge in [-0.1, -0.05) is 6.07 Å². The molecular formula is C18H20FNO4S. The lowest BCUT2D eigenvalue weighted by atomic mass is 9.81. The minimum Gasteiger partial charge on any atom is -0.508 e. The summed E-state index contributed by atoms with van der Waals surface area (Å²) in [4.78, 5) is 0.0483. The highest BCUT2D eigenvalue weighted by Gasteiger charge is 2.27.